The second-order valence-corrected chi connectivity index (χ2v) is 7.23. The fourth-order valence-corrected chi connectivity index (χ4v) is 3.59. The van der Waals surface area contributed by atoms with Crippen molar-refractivity contribution in [3.8, 4) is 11.5 Å². The highest BCUT2D eigenvalue weighted by molar-refractivity contribution is 8.14. The van der Waals surface area contributed by atoms with Crippen LogP contribution in [0.15, 0.2) is 42.5 Å². The van der Waals surface area contributed by atoms with Gasteiger partial charge in [0.2, 0.25) is 5.91 Å². The van der Waals surface area contributed by atoms with Gasteiger partial charge in [-0.3, -0.25) is 14.5 Å². The molecule has 9 heteroatoms. The Balaban J connectivity index is 1.63. The number of rotatable bonds is 7. The van der Waals surface area contributed by atoms with Crippen molar-refractivity contribution in [1.82, 2.24) is 4.90 Å². The molecule has 2 aromatic rings. The summed E-state index contributed by atoms with van der Waals surface area (Å²) in [5.41, 5.74) is 0.853. The molecule has 0 N–H and O–H groups in total. The van der Waals surface area contributed by atoms with Crippen LogP contribution in [0.4, 0.5) is 18.0 Å². The zero-order valence-electron chi connectivity index (χ0n) is 15.5. The topological polar surface area (TPSA) is 55.8 Å². The van der Waals surface area contributed by atoms with Crippen LogP contribution in [-0.4, -0.2) is 35.5 Å². The van der Waals surface area contributed by atoms with E-state index in [1.54, 1.807) is 12.1 Å². The van der Waals surface area contributed by atoms with Crippen LogP contribution in [0.25, 0.3) is 0 Å². The number of carbonyl (C=O) groups is 2. The predicted molar refractivity (Wildman–Crippen MR) is 102 cm³/mol. The zero-order chi connectivity index (χ0) is 21.0. The molecular weight excluding hydrogens is 407 g/mol. The summed E-state index contributed by atoms with van der Waals surface area (Å²) in [5, 5.41) is -0.266. The molecule has 0 saturated carbocycles. The molecular formula is C20H18F3NO4S. The minimum Gasteiger partial charge on any atom is -0.496 e. The highest BCUT2D eigenvalue weighted by atomic mass is 32.2. The lowest BCUT2D eigenvalue weighted by Crippen LogP contribution is -2.27. The van der Waals surface area contributed by atoms with E-state index in [0.29, 0.717) is 17.9 Å². The van der Waals surface area contributed by atoms with E-state index in [2.05, 4.69) is 0 Å². The van der Waals surface area contributed by atoms with Crippen molar-refractivity contribution in [2.75, 3.05) is 19.5 Å². The number of alkyl halides is 3. The first-order valence-electron chi connectivity index (χ1n) is 8.71. The predicted octanol–water partition coefficient (Wildman–Crippen LogP) is 4.53. The number of hydrogen-bond acceptors (Lipinski definition) is 5. The maximum Gasteiger partial charge on any atom is 0.416 e. The van der Waals surface area contributed by atoms with E-state index in [1.165, 1.54) is 24.1 Å². The Morgan fingerprint density at radius 1 is 1.10 bits per heavy atom. The van der Waals surface area contributed by atoms with Crippen LogP contribution in [0.5, 0.6) is 11.5 Å². The number of nitrogens with zero attached hydrogens (tertiary/aromatic N) is 1. The van der Waals surface area contributed by atoms with Crippen LogP contribution in [0, 0.1) is 0 Å². The third-order valence-corrected chi connectivity index (χ3v) is 5.21. The molecule has 0 unspecified atom stereocenters. The molecule has 5 nitrogen and oxygen atoms in total. The fourth-order valence-electron chi connectivity index (χ4n) is 2.86. The van der Waals surface area contributed by atoms with Gasteiger partial charge < -0.3 is 9.47 Å². The molecule has 2 amide bonds. The minimum absolute atomic E-state index is 0.156. The molecule has 3 rings (SSSR count). The molecule has 154 valence electrons. The lowest BCUT2D eigenvalue weighted by molar-refractivity contribution is -0.137. The number of methoxy groups -OCH3 is 1. The van der Waals surface area contributed by atoms with Crippen molar-refractivity contribution in [3.63, 3.8) is 0 Å². The van der Waals surface area contributed by atoms with Crippen LogP contribution in [-0.2, 0) is 23.9 Å². The van der Waals surface area contributed by atoms with Crippen LogP contribution in [0.1, 0.15) is 16.7 Å². The Hall–Kier alpha value is -2.68. The summed E-state index contributed by atoms with van der Waals surface area (Å²) in [4.78, 5) is 24.7. The van der Waals surface area contributed by atoms with E-state index in [0.717, 1.165) is 35.0 Å². The highest BCUT2D eigenvalue weighted by Crippen LogP contribution is 2.30. The van der Waals surface area contributed by atoms with Gasteiger partial charge in [0, 0.05) is 6.42 Å². The quantitative estimate of drug-likeness (QED) is 0.652. The molecule has 0 spiro atoms. The summed E-state index contributed by atoms with van der Waals surface area (Å²) in [6.07, 6.45) is -3.95. The zero-order valence-corrected chi connectivity index (χ0v) is 16.3. The Labute approximate surface area is 169 Å². The van der Waals surface area contributed by atoms with Gasteiger partial charge in [0.25, 0.3) is 5.24 Å². The number of benzene rings is 2. The summed E-state index contributed by atoms with van der Waals surface area (Å²) >= 11 is 0.981. The Bertz CT molecular complexity index is 884. The van der Waals surface area contributed by atoms with Gasteiger partial charge in [0.1, 0.15) is 11.5 Å². The maximum atomic E-state index is 12.6. The average Bonchev–Trinajstić information content (AvgIpc) is 3.00. The first kappa shape index (κ1) is 21.0. The van der Waals surface area contributed by atoms with E-state index < -0.39 is 11.7 Å². The molecule has 1 saturated heterocycles. The van der Waals surface area contributed by atoms with Crippen LogP contribution < -0.4 is 9.47 Å². The van der Waals surface area contributed by atoms with Crippen LogP contribution >= 0.6 is 11.8 Å². The molecule has 2 aromatic carbocycles. The van der Waals surface area contributed by atoms with Gasteiger partial charge in [-0.2, -0.15) is 13.2 Å². The first-order valence-corrected chi connectivity index (χ1v) is 9.69. The molecule has 0 aliphatic carbocycles. The summed E-state index contributed by atoms with van der Waals surface area (Å²) in [6, 6.07) is 9.86. The Morgan fingerprint density at radius 3 is 2.41 bits per heavy atom. The van der Waals surface area contributed by atoms with Crippen LogP contribution in [0.3, 0.4) is 0 Å². The van der Waals surface area contributed by atoms with Crippen molar-refractivity contribution >= 4 is 22.9 Å². The minimum atomic E-state index is -4.39. The van der Waals surface area contributed by atoms with Crippen molar-refractivity contribution < 1.29 is 32.2 Å². The lowest BCUT2D eigenvalue weighted by atomic mass is 10.1. The van der Waals surface area contributed by atoms with Gasteiger partial charge in [0.15, 0.2) is 0 Å². The number of thioether (sulfide) groups is 1. The Kier molecular flexibility index (Phi) is 6.36. The van der Waals surface area contributed by atoms with E-state index >= 15 is 0 Å². The lowest BCUT2D eigenvalue weighted by Gasteiger charge is -2.15. The van der Waals surface area contributed by atoms with Crippen LogP contribution in [0.2, 0.25) is 0 Å². The molecule has 1 aliphatic rings. The molecule has 29 heavy (non-hydrogen) atoms. The van der Waals surface area contributed by atoms with Gasteiger partial charge in [-0.25, -0.2) is 0 Å². The van der Waals surface area contributed by atoms with Crippen molar-refractivity contribution in [3.05, 3.63) is 59.2 Å². The average molecular weight is 425 g/mol. The molecule has 1 heterocycles. The largest absolute Gasteiger partial charge is 0.496 e. The van der Waals surface area contributed by atoms with Gasteiger partial charge >= 0.3 is 6.18 Å². The number of ether oxygens (including phenoxy) is 2. The number of carbonyl (C=O) groups excluding carboxylic acids is 2. The fraction of sp³-hybridized carbons (Fsp3) is 0.300. The number of amides is 2. The van der Waals surface area contributed by atoms with E-state index in [9.17, 15) is 22.8 Å². The van der Waals surface area contributed by atoms with Crippen molar-refractivity contribution in [2.24, 2.45) is 0 Å². The normalized spacial score (nSPS) is 14.4. The van der Waals surface area contributed by atoms with E-state index in [-0.39, 0.29) is 30.1 Å². The second kappa shape index (κ2) is 8.77. The number of imide groups is 1. The summed E-state index contributed by atoms with van der Waals surface area (Å²) in [6.45, 7) is 0.407. The SMILES string of the molecule is COc1ccc(CN2C(=O)CSC2=O)cc1CCOc1ccc(C(F)(F)F)cc1. The first-order chi connectivity index (χ1) is 13.8. The molecule has 1 fully saturated rings. The monoisotopic (exact) mass is 425 g/mol. The molecule has 0 bridgehead atoms. The third kappa shape index (κ3) is 5.23. The summed E-state index contributed by atoms with van der Waals surface area (Å²) in [7, 11) is 1.53. The van der Waals surface area contributed by atoms with Crippen molar-refractivity contribution in [1.29, 1.82) is 0 Å². The standard InChI is InChI=1S/C20H18F3NO4S/c1-27-17-7-2-13(11-24-18(25)12-29-19(24)26)10-14(17)8-9-28-16-5-3-15(4-6-16)20(21,22)23/h2-7,10H,8-9,11-12H2,1H3. The smallest absolute Gasteiger partial charge is 0.416 e. The van der Waals surface area contributed by atoms with E-state index in [4.69, 9.17) is 9.47 Å². The molecule has 1 aliphatic heterocycles. The summed E-state index contributed by atoms with van der Waals surface area (Å²) < 4.78 is 48.7. The summed E-state index contributed by atoms with van der Waals surface area (Å²) in [5.74, 6) is 0.891. The second-order valence-electron chi connectivity index (χ2n) is 6.30. The molecule has 0 radical (unpaired) electrons. The van der Waals surface area contributed by atoms with E-state index in [1.807, 2.05) is 6.07 Å². The molecule has 0 aromatic heterocycles. The van der Waals surface area contributed by atoms with Gasteiger partial charge in [0.05, 0.1) is 31.6 Å². The molecule has 0 atom stereocenters. The van der Waals surface area contributed by atoms with Gasteiger partial charge in [-0.15, -0.1) is 0 Å². The van der Waals surface area contributed by atoms with Gasteiger partial charge in [-0.05, 0) is 41.5 Å². The van der Waals surface area contributed by atoms with Gasteiger partial charge in [-0.1, -0.05) is 23.9 Å². The number of hydrogen-bond donors (Lipinski definition) is 0. The van der Waals surface area contributed by atoms with Crippen molar-refractivity contribution in [2.45, 2.75) is 19.1 Å². The maximum absolute atomic E-state index is 12.6. The number of halogens is 3. The Morgan fingerprint density at radius 2 is 1.83 bits per heavy atom. The highest BCUT2D eigenvalue weighted by Gasteiger charge is 2.30. The third-order valence-electron chi connectivity index (χ3n) is 4.35.